The van der Waals surface area contributed by atoms with Gasteiger partial charge in [0.05, 0.1) is 12.8 Å². The van der Waals surface area contributed by atoms with Crippen molar-refractivity contribution in [1.82, 2.24) is 4.90 Å². The molecule has 3 heteroatoms. The number of hydrogen-bond acceptors (Lipinski definition) is 3. The second-order valence-electron chi connectivity index (χ2n) is 3.81. The van der Waals surface area contributed by atoms with Crippen molar-refractivity contribution in [2.75, 3.05) is 26.4 Å². The van der Waals surface area contributed by atoms with E-state index in [9.17, 15) is 0 Å². The van der Waals surface area contributed by atoms with Gasteiger partial charge in [-0.25, -0.2) is 0 Å². The largest absolute Gasteiger partial charge is 0.494 e. The van der Waals surface area contributed by atoms with Crippen molar-refractivity contribution in [2.45, 2.75) is 13.0 Å². The fourth-order valence-corrected chi connectivity index (χ4v) is 2.02. The fraction of sp³-hybridized carbons (Fsp3) is 0.455. The summed E-state index contributed by atoms with van der Waals surface area (Å²) in [5.74, 6) is 0.871. The van der Waals surface area contributed by atoms with E-state index in [0.29, 0.717) is 0 Å². The summed E-state index contributed by atoms with van der Waals surface area (Å²) in [6.07, 6.45) is 1.03. The van der Waals surface area contributed by atoms with E-state index in [0.717, 1.165) is 30.9 Å². The Kier molecular flexibility index (Phi) is 2.33. The molecule has 2 N–H and O–H groups in total. The van der Waals surface area contributed by atoms with Gasteiger partial charge in [0.2, 0.25) is 0 Å². The number of nitrogens with two attached hydrogens (primary N) is 1. The number of ether oxygens (including phenoxy) is 1. The monoisotopic (exact) mass is 192 g/mol. The first-order valence-corrected chi connectivity index (χ1v) is 4.85. The van der Waals surface area contributed by atoms with Crippen LogP contribution in [0.1, 0.15) is 11.1 Å². The Bertz CT molecular complexity index is 349. The Morgan fingerprint density at radius 1 is 1.43 bits per heavy atom. The van der Waals surface area contributed by atoms with Crippen LogP contribution in [0.15, 0.2) is 12.1 Å². The first-order chi connectivity index (χ1) is 6.72. The highest BCUT2D eigenvalue weighted by Gasteiger charge is 2.18. The maximum Gasteiger partial charge on any atom is 0.145 e. The quantitative estimate of drug-likeness (QED) is 0.681. The van der Waals surface area contributed by atoms with Gasteiger partial charge in [-0.1, -0.05) is 6.07 Å². The second kappa shape index (κ2) is 3.50. The van der Waals surface area contributed by atoms with Gasteiger partial charge in [-0.3, -0.25) is 0 Å². The molecular weight excluding hydrogens is 176 g/mol. The lowest BCUT2D eigenvalue weighted by Gasteiger charge is -2.26. The highest BCUT2D eigenvalue weighted by Crippen LogP contribution is 2.32. The van der Waals surface area contributed by atoms with E-state index in [1.807, 2.05) is 6.07 Å². The lowest BCUT2D eigenvalue weighted by molar-refractivity contribution is 0.306. The molecule has 1 heterocycles. The Morgan fingerprint density at radius 3 is 2.93 bits per heavy atom. The summed E-state index contributed by atoms with van der Waals surface area (Å²) in [5, 5.41) is 0. The van der Waals surface area contributed by atoms with Crippen molar-refractivity contribution in [3.63, 3.8) is 0 Å². The summed E-state index contributed by atoms with van der Waals surface area (Å²) in [6.45, 7) is 2.07. The smallest absolute Gasteiger partial charge is 0.145 e. The molecule has 3 nitrogen and oxygen atoms in total. The first-order valence-electron chi connectivity index (χ1n) is 4.85. The lowest BCUT2D eigenvalue weighted by atomic mass is 9.98. The van der Waals surface area contributed by atoms with Crippen molar-refractivity contribution in [1.29, 1.82) is 0 Å². The van der Waals surface area contributed by atoms with Crippen LogP contribution in [0.4, 0.5) is 5.69 Å². The molecule has 1 aliphatic heterocycles. The number of nitrogens with zero attached hydrogens (tertiary/aromatic N) is 1. The van der Waals surface area contributed by atoms with Crippen LogP contribution in [0.25, 0.3) is 0 Å². The number of anilines is 1. The number of likely N-dealkylation sites (N-methyl/N-ethyl adjacent to an activating group) is 1. The zero-order chi connectivity index (χ0) is 10.1. The molecule has 14 heavy (non-hydrogen) atoms. The second-order valence-corrected chi connectivity index (χ2v) is 3.81. The molecule has 0 aromatic heterocycles. The van der Waals surface area contributed by atoms with Crippen molar-refractivity contribution in [3.05, 3.63) is 23.3 Å². The molecule has 0 radical (unpaired) electrons. The van der Waals surface area contributed by atoms with Crippen molar-refractivity contribution < 1.29 is 4.74 Å². The third kappa shape index (κ3) is 1.44. The van der Waals surface area contributed by atoms with Gasteiger partial charge in [-0.2, -0.15) is 0 Å². The van der Waals surface area contributed by atoms with Crippen molar-refractivity contribution in [3.8, 4) is 5.75 Å². The number of fused-ring (bicyclic) bond motifs is 1. The summed E-state index contributed by atoms with van der Waals surface area (Å²) in [5.41, 5.74) is 9.22. The standard InChI is InChI=1S/C11H16N2O/c1-13-6-5-9-8(7-13)3-4-10(12)11(9)14-2/h3-4H,5-7,12H2,1-2H3. The Balaban J connectivity index is 2.47. The summed E-state index contributed by atoms with van der Waals surface area (Å²) in [4.78, 5) is 2.30. The summed E-state index contributed by atoms with van der Waals surface area (Å²) in [6, 6.07) is 4.03. The zero-order valence-electron chi connectivity index (χ0n) is 8.71. The zero-order valence-corrected chi connectivity index (χ0v) is 8.71. The summed E-state index contributed by atoms with van der Waals surface area (Å²) >= 11 is 0. The molecule has 0 saturated carbocycles. The van der Waals surface area contributed by atoms with Gasteiger partial charge in [0, 0.05) is 18.7 Å². The molecule has 0 bridgehead atoms. The Labute approximate surface area is 84.5 Å². The average Bonchev–Trinajstić information content (AvgIpc) is 2.18. The molecule has 0 aliphatic carbocycles. The van der Waals surface area contributed by atoms with Crippen LogP contribution in [-0.4, -0.2) is 25.6 Å². The summed E-state index contributed by atoms with van der Waals surface area (Å²) < 4.78 is 5.34. The van der Waals surface area contributed by atoms with Gasteiger partial charge in [0.15, 0.2) is 0 Å². The number of benzene rings is 1. The number of nitrogen functional groups attached to an aromatic ring is 1. The van der Waals surface area contributed by atoms with Gasteiger partial charge >= 0.3 is 0 Å². The van der Waals surface area contributed by atoms with Gasteiger partial charge in [-0.05, 0) is 25.1 Å². The molecule has 76 valence electrons. The van der Waals surface area contributed by atoms with E-state index in [1.54, 1.807) is 7.11 Å². The van der Waals surface area contributed by atoms with Gasteiger partial charge in [-0.15, -0.1) is 0 Å². The molecular formula is C11H16N2O. The van der Waals surface area contributed by atoms with Gasteiger partial charge in [0.25, 0.3) is 0 Å². The Hall–Kier alpha value is -1.22. The number of methoxy groups -OCH3 is 1. The number of rotatable bonds is 1. The third-order valence-electron chi connectivity index (χ3n) is 2.78. The normalized spacial score (nSPS) is 16.4. The van der Waals surface area contributed by atoms with Crippen LogP contribution in [0.3, 0.4) is 0 Å². The Morgan fingerprint density at radius 2 is 2.21 bits per heavy atom. The van der Waals surface area contributed by atoms with Crippen LogP contribution in [0.2, 0.25) is 0 Å². The highest BCUT2D eigenvalue weighted by molar-refractivity contribution is 5.60. The van der Waals surface area contributed by atoms with Crippen molar-refractivity contribution >= 4 is 5.69 Å². The van der Waals surface area contributed by atoms with Crippen LogP contribution in [0.5, 0.6) is 5.75 Å². The summed E-state index contributed by atoms with van der Waals surface area (Å²) in [7, 11) is 3.82. The SMILES string of the molecule is COc1c(N)ccc2c1CCN(C)C2. The molecule has 1 aliphatic rings. The molecule has 0 unspecified atom stereocenters. The highest BCUT2D eigenvalue weighted by atomic mass is 16.5. The van der Waals surface area contributed by atoms with E-state index >= 15 is 0 Å². The van der Waals surface area contributed by atoms with E-state index in [2.05, 4.69) is 18.0 Å². The minimum absolute atomic E-state index is 0.746. The molecule has 0 atom stereocenters. The molecule has 0 spiro atoms. The fourth-order valence-electron chi connectivity index (χ4n) is 2.02. The first kappa shape index (κ1) is 9.34. The third-order valence-corrected chi connectivity index (χ3v) is 2.78. The van der Waals surface area contributed by atoms with Gasteiger partial charge < -0.3 is 15.4 Å². The van der Waals surface area contributed by atoms with Gasteiger partial charge in [0.1, 0.15) is 5.75 Å². The number of hydrogen-bond donors (Lipinski definition) is 1. The predicted octanol–water partition coefficient (Wildman–Crippen LogP) is 1.27. The molecule has 0 saturated heterocycles. The maximum absolute atomic E-state index is 5.85. The van der Waals surface area contributed by atoms with E-state index in [4.69, 9.17) is 10.5 Å². The lowest BCUT2D eigenvalue weighted by Crippen LogP contribution is -2.27. The van der Waals surface area contributed by atoms with Crippen molar-refractivity contribution in [2.24, 2.45) is 0 Å². The minimum Gasteiger partial charge on any atom is -0.494 e. The maximum atomic E-state index is 5.85. The molecule has 0 amide bonds. The molecule has 1 aromatic rings. The minimum atomic E-state index is 0.746. The predicted molar refractivity (Wildman–Crippen MR) is 57.4 cm³/mol. The van der Waals surface area contributed by atoms with E-state index < -0.39 is 0 Å². The molecule has 2 rings (SSSR count). The van der Waals surface area contributed by atoms with Crippen LogP contribution in [0, 0.1) is 0 Å². The van der Waals surface area contributed by atoms with Crippen LogP contribution in [-0.2, 0) is 13.0 Å². The van der Waals surface area contributed by atoms with Crippen LogP contribution >= 0.6 is 0 Å². The topological polar surface area (TPSA) is 38.5 Å². The average molecular weight is 192 g/mol. The molecule has 1 aromatic carbocycles. The molecule has 0 fully saturated rings. The van der Waals surface area contributed by atoms with E-state index in [1.165, 1.54) is 11.1 Å². The van der Waals surface area contributed by atoms with Crippen LogP contribution < -0.4 is 10.5 Å². The van der Waals surface area contributed by atoms with E-state index in [-0.39, 0.29) is 0 Å².